The number of ether oxygens (including phenoxy) is 2. The summed E-state index contributed by atoms with van der Waals surface area (Å²) in [4.78, 5) is 54.3. The number of methoxy groups -OCH3 is 2. The summed E-state index contributed by atoms with van der Waals surface area (Å²) in [6.45, 7) is 23.5. The van der Waals surface area contributed by atoms with E-state index in [4.69, 9.17) is 9.47 Å². The molecule has 0 saturated carbocycles. The zero-order valence-electron chi connectivity index (χ0n) is 38.2. The van der Waals surface area contributed by atoms with E-state index in [1.54, 1.807) is 45.2 Å². The number of halogens is 1. The van der Waals surface area contributed by atoms with Gasteiger partial charge in [0.25, 0.3) is 0 Å². The second kappa shape index (κ2) is 30.0. The van der Waals surface area contributed by atoms with Crippen LogP contribution in [-0.2, 0) is 28.7 Å². The molecule has 1 rings (SSSR count). The fourth-order valence-electron chi connectivity index (χ4n) is 7.29. The third-order valence-electron chi connectivity index (χ3n) is 10.4. The van der Waals surface area contributed by atoms with E-state index >= 15 is 0 Å². The Morgan fingerprint density at radius 2 is 1.56 bits per heavy atom. The number of hydrogen-bond acceptors (Lipinski definition) is 9. The predicted molar refractivity (Wildman–Crippen MR) is 229 cm³/mol. The average molecular weight is 813 g/mol. The number of carbonyl (C=O) groups excluding carboxylic acids is 4. The highest BCUT2D eigenvalue weighted by molar-refractivity contribution is 5.87. The number of rotatable bonds is 22. The molecular formula is C43H81FN6O7. The molecule has 13 nitrogen and oxygen atoms in total. The zero-order chi connectivity index (χ0) is 44.6. The van der Waals surface area contributed by atoms with E-state index in [0.29, 0.717) is 18.7 Å². The SMILES string of the molecule is C=C/C(=C\C=C(/C)F)C(NC)C(C)NC(=O)C(C)C(OC)[C@@H]1C[C@H](O)CN1C=O.CCC.CCC(OC)C([C@@H](C)CC)N(C)C(=O)CNC(=O)C(C(C)C)N(C)C. The molecule has 0 radical (unpaired) electrons. The summed E-state index contributed by atoms with van der Waals surface area (Å²) in [6.07, 6.45) is 7.49. The van der Waals surface area contributed by atoms with Crippen LogP contribution >= 0.6 is 0 Å². The van der Waals surface area contributed by atoms with Gasteiger partial charge in [0.2, 0.25) is 24.1 Å². The Morgan fingerprint density at radius 3 is 1.96 bits per heavy atom. The third-order valence-corrected chi connectivity index (χ3v) is 10.4. The Kier molecular flexibility index (Phi) is 29.4. The summed E-state index contributed by atoms with van der Waals surface area (Å²) in [5, 5.41) is 18.8. The maximum absolute atomic E-state index is 13.1. The molecule has 0 aliphatic carbocycles. The second-order valence-electron chi connectivity index (χ2n) is 15.6. The van der Waals surface area contributed by atoms with E-state index < -0.39 is 18.1 Å². The Morgan fingerprint density at radius 1 is 0.982 bits per heavy atom. The standard InChI is InChI=1S/C21H34FN3O4.C19H39N3O3.C3H8/c1-7-16(9-8-13(2)22)19(23-5)15(4)24-21(28)14(3)20(29-6)18-10-17(27)11-25(18)12-26;1-10-14(5)18(15(11-2)25-9)22(8)16(23)12-20-19(24)17(13(3)4)21(6)7;1-3-2/h7-9,12,14-15,17-20,23,27H,1,10-11H2,2-6H3,(H,24,28);13-15,17-18H,10-12H2,1-9H3,(H,20,24);3H2,1-2H3/b13-8+,16-9+;;/t14?,15?,17-,18-,19?,20?;14-,15?,17?,18?;/m00./s1. The van der Waals surface area contributed by atoms with Crippen molar-refractivity contribution in [3.05, 3.63) is 36.2 Å². The van der Waals surface area contributed by atoms with Gasteiger partial charge in [-0.05, 0) is 71.3 Å². The average Bonchev–Trinajstić information content (AvgIpc) is 3.53. The van der Waals surface area contributed by atoms with E-state index in [9.17, 15) is 28.7 Å². The number of hydrogen-bond donors (Lipinski definition) is 4. The number of aliphatic hydroxyl groups is 1. The molecule has 0 spiro atoms. The molecule has 4 amide bonds. The van der Waals surface area contributed by atoms with Gasteiger partial charge in [-0.25, -0.2) is 4.39 Å². The van der Waals surface area contributed by atoms with Gasteiger partial charge >= 0.3 is 0 Å². The van der Waals surface area contributed by atoms with Crippen LogP contribution in [0.5, 0.6) is 0 Å². The van der Waals surface area contributed by atoms with Gasteiger partial charge in [-0.2, -0.15) is 0 Å². The molecule has 1 fully saturated rings. The Labute approximate surface area is 345 Å². The largest absolute Gasteiger partial charge is 0.391 e. The molecular weight excluding hydrogens is 732 g/mol. The lowest BCUT2D eigenvalue weighted by Gasteiger charge is -2.37. The van der Waals surface area contributed by atoms with Gasteiger partial charge in [-0.1, -0.05) is 87.0 Å². The molecule has 0 bridgehead atoms. The lowest BCUT2D eigenvalue weighted by molar-refractivity contribution is -0.138. The number of nitrogens with zero attached hydrogens (tertiary/aromatic N) is 3. The maximum Gasteiger partial charge on any atom is 0.242 e. The van der Waals surface area contributed by atoms with Gasteiger partial charge in [0.1, 0.15) is 0 Å². The first-order valence-corrected chi connectivity index (χ1v) is 20.5. The minimum absolute atomic E-state index is 0.000790. The van der Waals surface area contributed by atoms with Gasteiger partial charge in [-0.15, -0.1) is 0 Å². The normalized spacial score (nSPS) is 20.0. The third kappa shape index (κ3) is 19.0. The van der Waals surface area contributed by atoms with Crippen LogP contribution < -0.4 is 16.0 Å². The highest BCUT2D eigenvalue weighted by atomic mass is 19.1. The summed E-state index contributed by atoms with van der Waals surface area (Å²) >= 11 is 0. The molecule has 332 valence electrons. The predicted octanol–water partition coefficient (Wildman–Crippen LogP) is 4.71. The fraction of sp³-hybridized carbons (Fsp3) is 0.767. The lowest BCUT2D eigenvalue weighted by atomic mass is 9.91. The molecule has 1 saturated heterocycles. The summed E-state index contributed by atoms with van der Waals surface area (Å²) < 4.78 is 24.2. The van der Waals surface area contributed by atoms with Crippen LogP contribution in [-0.4, -0.2) is 148 Å². The van der Waals surface area contributed by atoms with E-state index in [0.717, 1.165) is 18.4 Å². The Balaban J connectivity index is 0. The van der Waals surface area contributed by atoms with Crippen LogP contribution in [0.1, 0.15) is 94.9 Å². The number of likely N-dealkylation sites (tertiary alicyclic amines) is 1. The van der Waals surface area contributed by atoms with Crippen molar-refractivity contribution in [1.82, 2.24) is 30.7 Å². The van der Waals surface area contributed by atoms with Crippen molar-refractivity contribution in [2.75, 3.05) is 55.5 Å². The maximum atomic E-state index is 13.1. The molecule has 1 aliphatic heterocycles. The first-order valence-electron chi connectivity index (χ1n) is 20.5. The first kappa shape index (κ1) is 55.9. The molecule has 57 heavy (non-hydrogen) atoms. The number of allylic oxidation sites excluding steroid dienone is 3. The highest BCUT2D eigenvalue weighted by Gasteiger charge is 2.41. The van der Waals surface area contributed by atoms with Crippen LogP contribution in [0.2, 0.25) is 0 Å². The van der Waals surface area contributed by atoms with Crippen LogP contribution in [0, 0.1) is 17.8 Å². The van der Waals surface area contributed by atoms with Crippen LogP contribution in [0.4, 0.5) is 4.39 Å². The number of aliphatic hydroxyl groups excluding tert-OH is 1. The fourth-order valence-corrected chi connectivity index (χ4v) is 7.29. The van der Waals surface area contributed by atoms with Gasteiger partial charge in [0.05, 0.1) is 60.8 Å². The van der Waals surface area contributed by atoms with Crippen LogP contribution in [0.3, 0.4) is 0 Å². The van der Waals surface area contributed by atoms with Crippen LogP contribution in [0.15, 0.2) is 36.2 Å². The lowest BCUT2D eigenvalue weighted by Crippen LogP contribution is -2.53. The van der Waals surface area contributed by atoms with Crippen molar-refractivity contribution in [2.24, 2.45) is 17.8 Å². The first-order chi connectivity index (χ1) is 26.7. The molecule has 4 N–H and O–H groups in total. The van der Waals surface area contributed by atoms with E-state index in [1.165, 1.54) is 31.4 Å². The van der Waals surface area contributed by atoms with Crippen molar-refractivity contribution in [2.45, 2.75) is 143 Å². The highest BCUT2D eigenvalue weighted by Crippen LogP contribution is 2.26. The molecule has 10 atom stereocenters. The number of β-amino-alcohol motifs (C(OH)–C–C–N with tert-alkyl or cyclic N) is 1. The Bertz CT molecular complexity index is 1230. The molecule has 7 unspecified atom stereocenters. The number of carbonyl (C=O) groups is 4. The minimum Gasteiger partial charge on any atom is -0.391 e. The number of amides is 4. The molecule has 14 heteroatoms. The summed E-state index contributed by atoms with van der Waals surface area (Å²) in [5.41, 5.74) is 0.735. The van der Waals surface area contributed by atoms with Gasteiger partial charge < -0.3 is 40.3 Å². The second-order valence-corrected chi connectivity index (χ2v) is 15.6. The van der Waals surface area contributed by atoms with Crippen molar-refractivity contribution < 1.29 is 38.1 Å². The molecule has 1 heterocycles. The summed E-state index contributed by atoms with van der Waals surface area (Å²) in [5.74, 6) is -0.824. The molecule has 0 aromatic heterocycles. The van der Waals surface area contributed by atoms with Crippen molar-refractivity contribution in [3.8, 4) is 0 Å². The summed E-state index contributed by atoms with van der Waals surface area (Å²) in [6, 6.07) is -1.21. The molecule has 1 aliphatic rings. The monoisotopic (exact) mass is 813 g/mol. The number of likely N-dealkylation sites (N-methyl/N-ethyl adjacent to an activating group) is 3. The van der Waals surface area contributed by atoms with Crippen LogP contribution in [0.25, 0.3) is 0 Å². The topological polar surface area (TPSA) is 153 Å². The van der Waals surface area contributed by atoms with Crippen molar-refractivity contribution in [1.29, 1.82) is 0 Å². The van der Waals surface area contributed by atoms with E-state index in [1.807, 2.05) is 39.8 Å². The Hall–Kier alpha value is -3.17. The molecule has 0 aromatic carbocycles. The van der Waals surface area contributed by atoms with Gasteiger partial charge in [0.15, 0.2) is 0 Å². The number of nitrogens with one attached hydrogen (secondary N) is 3. The van der Waals surface area contributed by atoms with Gasteiger partial charge in [0, 0.05) is 33.9 Å². The van der Waals surface area contributed by atoms with Crippen molar-refractivity contribution in [3.63, 3.8) is 0 Å². The van der Waals surface area contributed by atoms with Gasteiger partial charge in [-0.3, -0.25) is 24.1 Å². The van der Waals surface area contributed by atoms with Crippen molar-refractivity contribution >= 4 is 24.1 Å². The van der Waals surface area contributed by atoms with E-state index in [2.05, 4.69) is 57.1 Å². The minimum atomic E-state index is -0.627. The quantitative estimate of drug-likeness (QED) is 0.0900. The zero-order valence-corrected chi connectivity index (χ0v) is 38.2. The summed E-state index contributed by atoms with van der Waals surface area (Å²) in [7, 11) is 10.5. The smallest absolute Gasteiger partial charge is 0.242 e. The van der Waals surface area contributed by atoms with E-state index in [-0.39, 0.29) is 78.9 Å². The molecule has 0 aromatic rings.